The van der Waals surface area contributed by atoms with Gasteiger partial charge in [0.05, 0.1) is 18.8 Å². The fourth-order valence-electron chi connectivity index (χ4n) is 2.33. The molecule has 0 aliphatic rings. The minimum Gasteiger partial charge on any atom is -0.493 e. The number of carbonyl (C=O) groups excluding carboxylic acids is 1. The molecule has 1 amide bonds. The lowest BCUT2D eigenvalue weighted by atomic mass is 10.2. The summed E-state index contributed by atoms with van der Waals surface area (Å²) in [7, 11) is 0. The maximum absolute atomic E-state index is 12.1. The van der Waals surface area contributed by atoms with Crippen molar-refractivity contribution in [3.63, 3.8) is 0 Å². The number of aryl methyl sites for hydroxylation is 1. The Balaban J connectivity index is 1.77. The molecule has 1 atom stereocenters. The van der Waals surface area contributed by atoms with Gasteiger partial charge >= 0.3 is 0 Å². The van der Waals surface area contributed by atoms with E-state index in [2.05, 4.69) is 24.3 Å². The van der Waals surface area contributed by atoms with E-state index in [1.165, 1.54) is 0 Å². The highest BCUT2D eigenvalue weighted by atomic mass is 35.5. The number of nitrogens with zero attached hydrogens (tertiary/aromatic N) is 2. The number of rotatable bonds is 8. The molecule has 0 aliphatic carbocycles. The van der Waals surface area contributed by atoms with Crippen LogP contribution in [0.1, 0.15) is 44.7 Å². The highest BCUT2D eigenvalue weighted by Gasteiger charge is 2.11. The van der Waals surface area contributed by atoms with Crippen molar-refractivity contribution in [2.75, 3.05) is 11.9 Å². The maximum Gasteiger partial charge on any atom is 0.225 e. The number of ether oxygens (including phenoxy) is 1. The van der Waals surface area contributed by atoms with E-state index >= 15 is 0 Å². The average molecular weight is 350 g/mol. The fourth-order valence-corrected chi connectivity index (χ4v) is 2.56. The molecule has 2 aromatic rings. The largest absolute Gasteiger partial charge is 0.493 e. The third-order valence-electron chi connectivity index (χ3n) is 3.89. The molecule has 0 radical (unpaired) electrons. The molecule has 0 fully saturated rings. The van der Waals surface area contributed by atoms with Gasteiger partial charge in [0.2, 0.25) is 5.91 Å². The molecule has 1 N–H and O–H groups in total. The van der Waals surface area contributed by atoms with Crippen molar-refractivity contribution in [2.24, 2.45) is 0 Å². The number of hydrogen-bond donors (Lipinski definition) is 1. The number of anilines is 1. The number of halogens is 1. The van der Waals surface area contributed by atoms with Gasteiger partial charge in [-0.2, -0.15) is 5.10 Å². The van der Waals surface area contributed by atoms with E-state index in [9.17, 15) is 4.79 Å². The molecule has 0 bridgehead atoms. The Hall–Kier alpha value is -2.01. The number of aromatic nitrogens is 2. The first-order valence-electron chi connectivity index (χ1n) is 8.23. The molecule has 24 heavy (non-hydrogen) atoms. The van der Waals surface area contributed by atoms with Crippen molar-refractivity contribution in [2.45, 2.75) is 46.1 Å². The van der Waals surface area contributed by atoms with Gasteiger partial charge in [-0.3, -0.25) is 4.79 Å². The van der Waals surface area contributed by atoms with Crippen LogP contribution in [0.2, 0.25) is 5.02 Å². The van der Waals surface area contributed by atoms with Crippen molar-refractivity contribution in [3.05, 3.63) is 41.0 Å². The van der Waals surface area contributed by atoms with Crippen molar-refractivity contribution in [1.82, 2.24) is 9.78 Å². The van der Waals surface area contributed by atoms with Gasteiger partial charge in [-0.15, -0.1) is 0 Å². The van der Waals surface area contributed by atoms with Crippen molar-refractivity contribution >= 4 is 23.3 Å². The molecule has 6 heteroatoms. The predicted molar refractivity (Wildman–Crippen MR) is 96.8 cm³/mol. The van der Waals surface area contributed by atoms with E-state index in [1.807, 2.05) is 29.8 Å². The minimum absolute atomic E-state index is 0.0310. The number of hydrogen-bond acceptors (Lipinski definition) is 3. The molecule has 1 aromatic carbocycles. The molecule has 5 nitrogen and oxygen atoms in total. The van der Waals surface area contributed by atoms with Crippen LogP contribution >= 0.6 is 11.6 Å². The summed E-state index contributed by atoms with van der Waals surface area (Å²) in [5.41, 5.74) is 0.990. The Labute approximate surface area is 148 Å². The summed E-state index contributed by atoms with van der Waals surface area (Å²) < 4.78 is 7.54. The van der Waals surface area contributed by atoms with Gasteiger partial charge in [-0.1, -0.05) is 18.5 Å². The Morgan fingerprint density at radius 3 is 2.92 bits per heavy atom. The summed E-state index contributed by atoms with van der Waals surface area (Å²) in [4.78, 5) is 12.1. The SMILES string of the molecule is CC[C@@H](C)n1nccc1NC(=O)CCCOc1ccc(Cl)cc1C. The van der Waals surface area contributed by atoms with E-state index < -0.39 is 0 Å². The summed E-state index contributed by atoms with van der Waals surface area (Å²) in [6.07, 6.45) is 3.71. The van der Waals surface area contributed by atoms with Gasteiger partial charge in [-0.25, -0.2) is 4.68 Å². The fraction of sp³-hybridized carbons (Fsp3) is 0.444. The van der Waals surface area contributed by atoms with Gasteiger partial charge in [0, 0.05) is 17.5 Å². The van der Waals surface area contributed by atoms with Crippen LogP contribution in [0.4, 0.5) is 5.82 Å². The van der Waals surface area contributed by atoms with E-state index in [1.54, 1.807) is 12.3 Å². The van der Waals surface area contributed by atoms with Crippen LogP contribution in [0, 0.1) is 6.92 Å². The second-order valence-corrected chi connectivity index (χ2v) is 6.26. The van der Waals surface area contributed by atoms with Crippen LogP contribution in [0.15, 0.2) is 30.5 Å². The second-order valence-electron chi connectivity index (χ2n) is 5.83. The van der Waals surface area contributed by atoms with E-state index in [4.69, 9.17) is 16.3 Å². The van der Waals surface area contributed by atoms with Crippen LogP contribution in [0.5, 0.6) is 5.75 Å². The summed E-state index contributed by atoms with van der Waals surface area (Å²) >= 11 is 5.92. The zero-order chi connectivity index (χ0) is 17.5. The average Bonchev–Trinajstić information content (AvgIpc) is 3.00. The van der Waals surface area contributed by atoms with Crippen LogP contribution < -0.4 is 10.1 Å². The van der Waals surface area contributed by atoms with E-state index in [-0.39, 0.29) is 11.9 Å². The quantitative estimate of drug-likeness (QED) is 0.708. The molecule has 2 rings (SSSR count). The molecule has 0 saturated carbocycles. The smallest absolute Gasteiger partial charge is 0.225 e. The van der Waals surface area contributed by atoms with Gasteiger partial charge in [0.25, 0.3) is 0 Å². The molecule has 0 spiro atoms. The predicted octanol–water partition coefficient (Wildman–Crippen LogP) is 4.61. The molecular weight excluding hydrogens is 326 g/mol. The Morgan fingerprint density at radius 2 is 2.21 bits per heavy atom. The van der Waals surface area contributed by atoms with Crippen LogP contribution in [-0.2, 0) is 4.79 Å². The zero-order valence-electron chi connectivity index (χ0n) is 14.4. The monoisotopic (exact) mass is 349 g/mol. The second kappa shape index (κ2) is 8.73. The molecule has 130 valence electrons. The molecule has 0 unspecified atom stereocenters. The van der Waals surface area contributed by atoms with E-state index in [0.29, 0.717) is 24.5 Å². The standard InChI is InChI=1S/C18H24ClN3O2/c1-4-14(3)22-17(9-10-20-22)21-18(23)6-5-11-24-16-8-7-15(19)12-13(16)2/h7-10,12,14H,4-6,11H2,1-3H3,(H,21,23)/t14-/m1/s1. The van der Waals surface area contributed by atoms with E-state index in [0.717, 1.165) is 23.6 Å². The first-order valence-corrected chi connectivity index (χ1v) is 8.61. The summed E-state index contributed by atoms with van der Waals surface area (Å²) in [6.45, 7) is 6.60. The number of amides is 1. The van der Waals surface area contributed by atoms with Crippen molar-refractivity contribution in [1.29, 1.82) is 0 Å². The molecule has 1 heterocycles. The number of carbonyl (C=O) groups is 1. The van der Waals surface area contributed by atoms with Gasteiger partial charge < -0.3 is 10.1 Å². The Bertz CT molecular complexity index is 685. The highest BCUT2D eigenvalue weighted by Crippen LogP contribution is 2.22. The summed E-state index contributed by atoms with van der Waals surface area (Å²) in [5, 5.41) is 7.86. The highest BCUT2D eigenvalue weighted by molar-refractivity contribution is 6.30. The topological polar surface area (TPSA) is 56.2 Å². The van der Waals surface area contributed by atoms with Gasteiger partial charge in [0.1, 0.15) is 11.6 Å². The lowest BCUT2D eigenvalue weighted by Crippen LogP contribution is -2.17. The third-order valence-corrected chi connectivity index (χ3v) is 4.12. The lowest BCUT2D eigenvalue weighted by Gasteiger charge is -2.14. The first-order chi connectivity index (χ1) is 11.5. The maximum atomic E-state index is 12.1. The Kier molecular flexibility index (Phi) is 6.67. The Morgan fingerprint density at radius 1 is 1.42 bits per heavy atom. The van der Waals surface area contributed by atoms with Crippen LogP contribution in [0.3, 0.4) is 0 Å². The number of nitrogens with one attached hydrogen (secondary N) is 1. The molecular formula is C18H24ClN3O2. The summed E-state index contributed by atoms with van der Waals surface area (Å²) in [6, 6.07) is 7.58. The lowest BCUT2D eigenvalue weighted by molar-refractivity contribution is -0.116. The van der Waals surface area contributed by atoms with Gasteiger partial charge in [0.15, 0.2) is 0 Å². The number of benzene rings is 1. The zero-order valence-corrected chi connectivity index (χ0v) is 15.1. The normalized spacial score (nSPS) is 12.0. The summed E-state index contributed by atoms with van der Waals surface area (Å²) in [5.74, 6) is 1.51. The minimum atomic E-state index is -0.0310. The van der Waals surface area contributed by atoms with Gasteiger partial charge in [-0.05, 0) is 50.5 Å². The first kappa shape index (κ1) is 18.3. The molecule has 1 aromatic heterocycles. The molecule has 0 aliphatic heterocycles. The van der Waals surface area contributed by atoms with Crippen LogP contribution in [0.25, 0.3) is 0 Å². The third kappa shape index (κ3) is 4.99. The molecule has 0 saturated heterocycles. The van der Waals surface area contributed by atoms with Crippen molar-refractivity contribution in [3.8, 4) is 5.75 Å². The van der Waals surface area contributed by atoms with Crippen LogP contribution in [-0.4, -0.2) is 22.3 Å². The van der Waals surface area contributed by atoms with Crippen molar-refractivity contribution < 1.29 is 9.53 Å².